The van der Waals surface area contributed by atoms with Crippen LogP contribution in [0.1, 0.15) is 12.0 Å². The Kier molecular flexibility index (Phi) is 5.92. The summed E-state index contributed by atoms with van der Waals surface area (Å²) in [5.41, 5.74) is 1.66. The van der Waals surface area contributed by atoms with E-state index in [4.69, 9.17) is 5.14 Å². The van der Waals surface area contributed by atoms with Crippen molar-refractivity contribution in [1.29, 1.82) is 0 Å². The van der Waals surface area contributed by atoms with Gasteiger partial charge in [0.2, 0.25) is 15.9 Å². The zero-order valence-corrected chi connectivity index (χ0v) is 15.3. The van der Waals surface area contributed by atoms with Crippen LogP contribution >= 0.6 is 15.9 Å². The molecule has 0 aliphatic heterocycles. The third-order valence-corrected chi connectivity index (χ3v) is 4.63. The summed E-state index contributed by atoms with van der Waals surface area (Å²) >= 11 is 3.36. The van der Waals surface area contributed by atoms with E-state index in [0.29, 0.717) is 0 Å². The highest BCUT2D eigenvalue weighted by molar-refractivity contribution is 9.10. The molecule has 0 fully saturated rings. The molecule has 128 valence electrons. The van der Waals surface area contributed by atoms with E-state index in [1.165, 1.54) is 18.3 Å². The molecule has 0 radical (unpaired) electrons. The molecule has 1 amide bonds. The number of anilines is 2. The van der Waals surface area contributed by atoms with Crippen LogP contribution in [-0.4, -0.2) is 25.9 Å². The average molecular weight is 413 g/mol. The first kappa shape index (κ1) is 18.4. The number of amides is 1. The van der Waals surface area contributed by atoms with Gasteiger partial charge < -0.3 is 10.6 Å². The molecule has 0 atom stereocenters. The number of nitrogens with one attached hydrogen (secondary N) is 2. The molecule has 0 spiro atoms. The third kappa shape index (κ3) is 5.02. The Bertz CT molecular complexity index is 856. The number of sulfonamides is 1. The number of primary sulfonamides is 1. The topological polar surface area (TPSA) is 114 Å². The maximum absolute atomic E-state index is 12.0. The van der Waals surface area contributed by atoms with E-state index in [0.717, 1.165) is 15.7 Å². The van der Waals surface area contributed by atoms with Crippen molar-refractivity contribution in [3.8, 4) is 0 Å². The molecule has 2 rings (SSSR count). The molecule has 1 aromatic carbocycles. The normalized spacial score (nSPS) is 11.1. The van der Waals surface area contributed by atoms with Crippen LogP contribution in [0.25, 0.3) is 0 Å². The molecule has 9 heteroatoms. The number of hydrogen-bond acceptors (Lipinski definition) is 5. The summed E-state index contributed by atoms with van der Waals surface area (Å²) in [6.45, 7) is 2.12. The van der Waals surface area contributed by atoms with Gasteiger partial charge in [-0.2, -0.15) is 0 Å². The van der Waals surface area contributed by atoms with Gasteiger partial charge in [0.15, 0.2) is 0 Å². The number of halogens is 1. The fourth-order valence-electron chi connectivity index (χ4n) is 1.99. The van der Waals surface area contributed by atoms with Gasteiger partial charge in [0.1, 0.15) is 10.7 Å². The highest BCUT2D eigenvalue weighted by Crippen LogP contribution is 2.21. The van der Waals surface area contributed by atoms with Gasteiger partial charge in [-0.1, -0.05) is 22.0 Å². The Hall–Kier alpha value is -1.97. The number of nitrogens with two attached hydrogens (primary N) is 1. The van der Waals surface area contributed by atoms with Gasteiger partial charge >= 0.3 is 0 Å². The summed E-state index contributed by atoms with van der Waals surface area (Å²) in [6, 6.07) is 8.44. The van der Waals surface area contributed by atoms with E-state index in [2.05, 4.69) is 31.5 Å². The standard InChI is InChI=1S/C15H17BrN4O3S/c1-10-4-5-11(16)9-12(10)20-14(21)6-8-19-15-13(24(17,22)23)3-2-7-18-15/h2-5,7,9H,6,8H2,1H3,(H,18,19)(H,20,21)(H2,17,22,23). The van der Waals surface area contributed by atoms with Crippen molar-refractivity contribution in [2.75, 3.05) is 17.2 Å². The van der Waals surface area contributed by atoms with Crippen molar-refractivity contribution in [3.05, 3.63) is 46.6 Å². The van der Waals surface area contributed by atoms with Gasteiger partial charge in [-0.05, 0) is 36.8 Å². The number of aryl methyl sites for hydroxylation is 1. The van der Waals surface area contributed by atoms with E-state index in [9.17, 15) is 13.2 Å². The largest absolute Gasteiger partial charge is 0.368 e. The number of carbonyl (C=O) groups is 1. The number of pyridine rings is 1. The van der Waals surface area contributed by atoms with Crippen LogP contribution in [0, 0.1) is 6.92 Å². The lowest BCUT2D eigenvalue weighted by Crippen LogP contribution is -2.19. The SMILES string of the molecule is Cc1ccc(Br)cc1NC(=O)CCNc1ncccc1S(N)(=O)=O. The Balaban J connectivity index is 1.95. The number of rotatable bonds is 6. The van der Waals surface area contributed by atoms with E-state index >= 15 is 0 Å². The Morgan fingerprint density at radius 1 is 1.33 bits per heavy atom. The lowest BCUT2D eigenvalue weighted by Gasteiger charge is -2.11. The van der Waals surface area contributed by atoms with Crippen LogP contribution in [0.4, 0.5) is 11.5 Å². The van der Waals surface area contributed by atoms with Crippen molar-refractivity contribution in [2.24, 2.45) is 5.14 Å². The molecular formula is C15H17BrN4O3S. The molecule has 0 saturated carbocycles. The molecule has 2 aromatic rings. The summed E-state index contributed by atoms with van der Waals surface area (Å²) in [4.78, 5) is 15.9. The number of nitrogens with zero attached hydrogens (tertiary/aromatic N) is 1. The molecule has 0 saturated heterocycles. The Labute approximate surface area is 148 Å². The summed E-state index contributed by atoms with van der Waals surface area (Å²) in [5, 5.41) is 10.8. The average Bonchev–Trinajstić information content (AvgIpc) is 2.50. The molecule has 0 unspecified atom stereocenters. The predicted molar refractivity (Wildman–Crippen MR) is 96.2 cm³/mol. The summed E-state index contributed by atoms with van der Waals surface area (Å²) < 4.78 is 23.8. The second-order valence-corrected chi connectivity index (χ2v) is 7.52. The van der Waals surface area contributed by atoms with E-state index < -0.39 is 10.0 Å². The second-order valence-electron chi connectivity index (χ2n) is 5.08. The van der Waals surface area contributed by atoms with Crippen molar-refractivity contribution < 1.29 is 13.2 Å². The number of benzene rings is 1. The van der Waals surface area contributed by atoms with E-state index in [-0.39, 0.29) is 29.6 Å². The van der Waals surface area contributed by atoms with E-state index in [1.54, 1.807) is 0 Å². The van der Waals surface area contributed by atoms with Crippen LogP contribution in [0.5, 0.6) is 0 Å². The van der Waals surface area contributed by atoms with Crippen LogP contribution in [0.3, 0.4) is 0 Å². The zero-order valence-electron chi connectivity index (χ0n) is 12.9. The minimum Gasteiger partial charge on any atom is -0.368 e. The fourth-order valence-corrected chi connectivity index (χ4v) is 3.01. The van der Waals surface area contributed by atoms with Crippen molar-refractivity contribution in [3.63, 3.8) is 0 Å². The first-order chi connectivity index (χ1) is 11.3. The highest BCUT2D eigenvalue weighted by atomic mass is 79.9. The molecule has 7 nitrogen and oxygen atoms in total. The fraction of sp³-hybridized carbons (Fsp3) is 0.200. The van der Waals surface area contributed by atoms with Crippen molar-refractivity contribution in [2.45, 2.75) is 18.2 Å². The molecule has 24 heavy (non-hydrogen) atoms. The lowest BCUT2D eigenvalue weighted by atomic mass is 10.2. The minimum absolute atomic E-state index is 0.103. The molecule has 0 aliphatic carbocycles. The third-order valence-electron chi connectivity index (χ3n) is 3.20. The second kappa shape index (κ2) is 7.73. The maximum atomic E-state index is 12.0. The van der Waals surface area contributed by atoms with Crippen molar-refractivity contribution in [1.82, 2.24) is 4.98 Å². The predicted octanol–water partition coefficient (Wildman–Crippen LogP) is 2.24. The molecule has 4 N–H and O–H groups in total. The van der Waals surface area contributed by atoms with Gasteiger partial charge in [-0.15, -0.1) is 0 Å². The van der Waals surface area contributed by atoms with Crippen LogP contribution < -0.4 is 15.8 Å². The number of aromatic nitrogens is 1. The molecule has 1 aromatic heterocycles. The highest BCUT2D eigenvalue weighted by Gasteiger charge is 2.14. The molecule has 0 bridgehead atoms. The van der Waals surface area contributed by atoms with Crippen LogP contribution in [0.15, 0.2) is 45.9 Å². The summed E-state index contributed by atoms with van der Waals surface area (Å²) in [5.74, 6) is -0.0665. The van der Waals surface area contributed by atoms with Gasteiger partial charge in [0.05, 0.1) is 0 Å². The first-order valence-electron chi connectivity index (χ1n) is 7.05. The lowest BCUT2D eigenvalue weighted by molar-refractivity contribution is -0.115. The van der Waals surface area contributed by atoms with Crippen LogP contribution in [0.2, 0.25) is 0 Å². The van der Waals surface area contributed by atoms with Gasteiger partial charge in [0.25, 0.3) is 0 Å². The van der Waals surface area contributed by atoms with Gasteiger partial charge in [0, 0.05) is 29.3 Å². The number of carbonyl (C=O) groups excluding carboxylic acids is 1. The maximum Gasteiger partial charge on any atom is 0.241 e. The van der Waals surface area contributed by atoms with Crippen LogP contribution in [-0.2, 0) is 14.8 Å². The first-order valence-corrected chi connectivity index (χ1v) is 9.39. The molecule has 0 aliphatic rings. The van der Waals surface area contributed by atoms with Gasteiger partial charge in [-0.25, -0.2) is 18.5 Å². The smallest absolute Gasteiger partial charge is 0.241 e. The number of hydrogen-bond donors (Lipinski definition) is 3. The Morgan fingerprint density at radius 2 is 2.08 bits per heavy atom. The van der Waals surface area contributed by atoms with Gasteiger partial charge in [-0.3, -0.25) is 4.79 Å². The van der Waals surface area contributed by atoms with Crippen molar-refractivity contribution >= 4 is 43.4 Å². The summed E-state index contributed by atoms with van der Waals surface area (Å²) in [6.07, 6.45) is 1.59. The summed E-state index contributed by atoms with van der Waals surface area (Å²) in [7, 11) is -3.87. The molecule has 1 heterocycles. The Morgan fingerprint density at radius 3 is 2.79 bits per heavy atom. The minimum atomic E-state index is -3.87. The molecular weight excluding hydrogens is 396 g/mol. The monoisotopic (exact) mass is 412 g/mol. The van der Waals surface area contributed by atoms with E-state index in [1.807, 2.05) is 25.1 Å². The quantitative estimate of drug-likeness (QED) is 0.672. The zero-order chi connectivity index (χ0) is 17.7.